The minimum absolute atomic E-state index is 0.266. The van der Waals surface area contributed by atoms with Gasteiger partial charge < -0.3 is 5.32 Å². The van der Waals surface area contributed by atoms with Gasteiger partial charge in [-0.2, -0.15) is 0 Å². The van der Waals surface area contributed by atoms with Gasteiger partial charge in [-0.25, -0.2) is 8.42 Å². The maximum absolute atomic E-state index is 12.3. The monoisotopic (exact) mass is 380 g/mol. The van der Waals surface area contributed by atoms with Crippen LogP contribution in [0.1, 0.15) is 25.3 Å². The van der Waals surface area contributed by atoms with Crippen LogP contribution in [0.15, 0.2) is 48.5 Å². The molecule has 0 heterocycles. The lowest BCUT2D eigenvalue weighted by Crippen LogP contribution is -2.37. The molecule has 0 atom stereocenters. The topological polar surface area (TPSA) is 66.5 Å². The van der Waals surface area contributed by atoms with Gasteiger partial charge >= 0.3 is 0 Å². The molecule has 25 heavy (non-hydrogen) atoms. The van der Waals surface area contributed by atoms with Gasteiger partial charge in [-0.1, -0.05) is 49.7 Å². The summed E-state index contributed by atoms with van der Waals surface area (Å²) in [6.07, 6.45) is 1.04. The van der Waals surface area contributed by atoms with Crippen molar-refractivity contribution in [1.82, 2.24) is 0 Å². The number of benzene rings is 2. The highest BCUT2D eigenvalue weighted by molar-refractivity contribution is 7.92. The number of carbonyl (C=O) groups excluding carboxylic acids is 1. The molecule has 2 aromatic carbocycles. The van der Waals surface area contributed by atoms with Gasteiger partial charge in [0.05, 0.1) is 17.0 Å². The molecule has 0 saturated carbocycles. The van der Waals surface area contributed by atoms with E-state index in [0.29, 0.717) is 11.6 Å². The molecule has 1 N–H and O–H groups in total. The van der Waals surface area contributed by atoms with Crippen molar-refractivity contribution < 1.29 is 13.2 Å². The summed E-state index contributed by atoms with van der Waals surface area (Å²) in [5.74, 6) is -0.0478. The third kappa shape index (κ3) is 5.21. The number of anilines is 2. The third-order valence-electron chi connectivity index (χ3n) is 3.67. The molecule has 134 valence electrons. The Balaban J connectivity index is 2.16. The first-order valence-corrected chi connectivity index (χ1v) is 10.0. The van der Waals surface area contributed by atoms with Crippen LogP contribution in [0.2, 0.25) is 5.02 Å². The van der Waals surface area contributed by atoms with E-state index in [-0.39, 0.29) is 17.3 Å². The SMILES string of the molecule is CC(C)c1ccc(NC(=O)CN(c2ccccc2Cl)S(C)(=O)=O)cc1. The van der Waals surface area contributed by atoms with Crippen molar-refractivity contribution in [3.8, 4) is 0 Å². The maximum atomic E-state index is 12.3. The standard InChI is InChI=1S/C18H21ClN2O3S/c1-13(2)14-8-10-15(11-9-14)20-18(22)12-21(25(3,23)24)17-7-5-4-6-16(17)19/h4-11,13H,12H2,1-3H3,(H,20,22). The number of para-hydroxylation sites is 1. The highest BCUT2D eigenvalue weighted by Gasteiger charge is 2.22. The predicted octanol–water partition coefficient (Wildman–Crippen LogP) is 3.87. The maximum Gasteiger partial charge on any atom is 0.245 e. The number of hydrogen-bond donors (Lipinski definition) is 1. The zero-order valence-corrected chi connectivity index (χ0v) is 15.9. The van der Waals surface area contributed by atoms with Gasteiger partial charge in [0, 0.05) is 5.69 Å². The fourth-order valence-electron chi connectivity index (χ4n) is 2.32. The Morgan fingerprint density at radius 2 is 1.72 bits per heavy atom. The summed E-state index contributed by atoms with van der Waals surface area (Å²) in [5, 5.41) is 2.98. The van der Waals surface area contributed by atoms with Crippen molar-refractivity contribution in [2.45, 2.75) is 19.8 Å². The smallest absolute Gasteiger partial charge is 0.245 e. The summed E-state index contributed by atoms with van der Waals surface area (Å²) >= 11 is 6.08. The molecule has 0 spiro atoms. The molecule has 0 bridgehead atoms. The van der Waals surface area contributed by atoms with Gasteiger partial charge in [0.1, 0.15) is 6.54 Å². The first-order chi connectivity index (χ1) is 11.7. The summed E-state index contributed by atoms with van der Waals surface area (Å²) in [6.45, 7) is 3.82. The van der Waals surface area contributed by atoms with E-state index in [9.17, 15) is 13.2 Å². The zero-order chi connectivity index (χ0) is 18.6. The molecule has 2 rings (SSSR count). The van der Waals surface area contributed by atoms with Crippen molar-refractivity contribution in [3.63, 3.8) is 0 Å². The summed E-state index contributed by atoms with van der Waals surface area (Å²) < 4.78 is 25.2. The Kier molecular flexibility index (Phi) is 6.08. The van der Waals surface area contributed by atoms with Crippen LogP contribution in [0, 0.1) is 0 Å². The van der Waals surface area contributed by atoms with Gasteiger partial charge in [-0.15, -0.1) is 0 Å². The average molecular weight is 381 g/mol. The molecule has 7 heteroatoms. The second kappa shape index (κ2) is 7.89. The van der Waals surface area contributed by atoms with Crippen LogP contribution in [0.5, 0.6) is 0 Å². The first kappa shape index (κ1) is 19.3. The summed E-state index contributed by atoms with van der Waals surface area (Å²) in [7, 11) is -3.66. The van der Waals surface area contributed by atoms with E-state index in [4.69, 9.17) is 11.6 Å². The Morgan fingerprint density at radius 1 is 1.12 bits per heavy atom. The fraction of sp³-hybridized carbons (Fsp3) is 0.278. The van der Waals surface area contributed by atoms with E-state index >= 15 is 0 Å². The van der Waals surface area contributed by atoms with Gasteiger partial charge in [0.15, 0.2) is 0 Å². The second-order valence-electron chi connectivity index (χ2n) is 6.05. The summed E-state index contributed by atoms with van der Waals surface area (Å²) in [5.41, 5.74) is 2.05. The molecule has 0 aliphatic carbocycles. The lowest BCUT2D eigenvalue weighted by atomic mass is 10.0. The predicted molar refractivity (Wildman–Crippen MR) is 103 cm³/mol. The Hall–Kier alpha value is -2.05. The highest BCUT2D eigenvalue weighted by atomic mass is 35.5. The van der Waals surface area contributed by atoms with Crippen molar-refractivity contribution >= 4 is 38.9 Å². The lowest BCUT2D eigenvalue weighted by Gasteiger charge is -2.22. The zero-order valence-electron chi connectivity index (χ0n) is 14.4. The number of hydrogen-bond acceptors (Lipinski definition) is 3. The molecule has 2 aromatic rings. The number of amides is 1. The highest BCUT2D eigenvalue weighted by Crippen LogP contribution is 2.27. The number of rotatable bonds is 6. The number of nitrogens with one attached hydrogen (secondary N) is 1. The number of nitrogens with zero attached hydrogens (tertiary/aromatic N) is 1. The first-order valence-electron chi connectivity index (χ1n) is 7.80. The van der Waals surface area contributed by atoms with E-state index < -0.39 is 15.9 Å². The van der Waals surface area contributed by atoms with Crippen LogP contribution in [0.4, 0.5) is 11.4 Å². The number of carbonyl (C=O) groups is 1. The second-order valence-corrected chi connectivity index (χ2v) is 8.36. The molecule has 0 saturated heterocycles. The third-order valence-corrected chi connectivity index (χ3v) is 5.12. The molecule has 0 radical (unpaired) electrons. The summed E-state index contributed by atoms with van der Waals surface area (Å²) in [6, 6.07) is 14.0. The van der Waals surface area contributed by atoms with Gasteiger partial charge in [0.25, 0.3) is 0 Å². The van der Waals surface area contributed by atoms with E-state index in [1.54, 1.807) is 36.4 Å². The lowest BCUT2D eigenvalue weighted by molar-refractivity contribution is -0.114. The molecule has 0 unspecified atom stereocenters. The van der Waals surface area contributed by atoms with Crippen LogP contribution in [-0.2, 0) is 14.8 Å². The Labute approximate surface area is 153 Å². The van der Waals surface area contributed by atoms with Crippen LogP contribution < -0.4 is 9.62 Å². The molecular formula is C18H21ClN2O3S. The molecule has 0 aliphatic rings. The molecule has 0 aromatic heterocycles. The van der Waals surface area contributed by atoms with Crippen LogP contribution in [0.25, 0.3) is 0 Å². The van der Waals surface area contributed by atoms with Crippen LogP contribution in [0.3, 0.4) is 0 Å². The molecule has 0 aliphatic heterocycles. The molecule has 1 amide bonds. The van der Waals surface area contributed by atoms with Crippen LogP contribution in [-0.4, -0.2) is 27.1 Å². The van der Waals surface area contributed by atoms with E-state index in [0.717, 1.165) is 16.1 Å². The van der Waals surface area contributed by atoms with E-state index in [1.807, 2.05) is 12.1 Å². The molecule has 0 fully saturated rings. The van der Waals surface area contributed by atoms with Gasteiger partial charge in [-0.3, -0.25) is 9.10 Å². The normalized spacial score (nSPS) is 11.4. The minimum atomic E-state index is -3.66. The number of sulfonamides is 1. The largest absolute Gasteiger partial charge is 0.325 e. The molecule has 5 nitrogen and oxygen atoms in total. The Morgan fingerprint density at radius 3 is 2.24 bits per heavy atom. The van der Waals surface area contributed by atoms with Gasteiger partial charge in [-0.05, 0) is 35.7 Å². The van der Waals surface area contributed by atoms with E-state index in [1.165, 1.54) is 0 Å². The molecular weight excluding hydrogens is 360 g/mol. The fourth-order valence-corrected chi connectivity index (χ4v) is 3.47. The quantitative estimate of drug-likeness (QED) is 0.827. The van der Waals surface area contributed by atoms with Crippen LogP contribution >= 0.6 is 11.6 Å². The average Bonchev–Trinajstić information content (AvgIpc) is 2.53. The van der Waals surface area contributed by atoms with Gasteiger partial charge in [0.2, 0.25) is 15.9 Å². The van der Waals surface area contributed by atoms with E-state index in [2.05, 4.69) is 19.2 Å². The summed E-state index contributed by atoms with van der Waals surface area (Å²) in [4.78, 5) is 12.3. The van der Waals surface area contributed by atoms with Crippen molar-refractivity contribution in [1.29, 1.82) is 0 Å². The van der Waals surface area contributed by atoms with Crippen molar-refractivity contribution in [2.24, 2.45) is 0 Å². The van der Waals surface area contributed by atoms with Crippen molar-refractivity contribution in [2.75, 3.05) is 22.4 Å². The number of halogens is 1. The van der Waals surface area contributed by atoms with Crippen molar-refractivity contribution in [3.05, 3.63) is 59.1 Å². The minimum Gasteiger partial charge on any atom is -0.325 e. The Bertz CT molecular complexity index is 849.